The van der Waals surface area contributed by atoms with Crippen LogP contribution in [0.2, 0.25) is 0 Å². The normalized spacial score (nSPS) is 10.5. The summed E-state index contributed by atoms with van der Waals surface area (Å²) in [7, 11) is 0. The van der Waals surface area contributed by atoms with Crippen LogP contribution in [0.5, 0.6) is 0 Å². The molecule has 72 valence electrons. The first kappa shape index (κ1) is 9.90. The van der Waals surface area contributed by atoms with Crippen molar-refractivity contribution < 1.29 is 0 Å². The van der Waals surface area contributed by atoms with E-state index in [9.17, 15) is 0 Å². The molecule has 0 aromatic heterocycles. The highest BCUT2D eigenvalue weighted by Crippen LogP contribution is 2.23. The van der Waals surface area contributed by atoms with Crippen molar-refractivity contribution in [2.24, 2.45) is 0 Å². The summed E-state index contributed by atoms with van der Waals surface area (Å²) in [5.41, 5.74) is 10.3. The Balaban J connectivity index is 3.01. The van der Waals surface area contributed by atoms with Gasteiger partial charge in [-0.1, -0.05) is 0 Å². The van der Waals surface area contributed by atoms with Crippen LogP contribution in [0.15, 0.2) is 12.1 Å². The maximum absolute atomic E-state index is 5.88. The molecule has 2 nitrogen and oxygen atoms in total. The van der Waals surface area contributed by atoms with Gasteiger partial charge in [-0.25, -0.2) is 0 Å². The van der Waals surface area contributed by atoms with Gasteiger partial charge in [0.05, 0.1) is 11.4 Å². The van der Waals surface area contributed by atoms with Gasteiger partial charge in [-0.3, -0.25) is 0 Å². The second-order valence-electron chi connectivity index (χ2n) is 3.82. The lowest BCUT2D eigenvalue weighted by Crippen LogP contribution is -2.11. The van der Waals surface area contributed by atoms with Crippen molar-refractivity contribution in [2.75, 3.05) is 11.1 Å². The Morgan fingerprint density at radius 3 is 2.23 bits per heavy atom. The number of nitrogens with one attached hydrogen (secondary N) is 1. The SMILES string of the molecule is Cc1cc(N)c(NC(C)C)cc1C. The minimum absolute atomic E-state index is 0.421. The highest BCUT2D eigenvalue weighted by Gasteiger charge is 2.02. The molecule has 0 amide bonds. The molecule has 0 aliphatic rings. The summed E-state index contributed by atoms with van der Waals surface area (Å²) in [6.45, 7) is 8.38. The van der Waals surface area contributed by atoms with Crippen LogP contribution < -0.4 is 11.1 Å². The van der Waals surface area contributed by atoms with Crippen LogP contribution in [0.3, 0.4) is 0 Å². The number of nitrogens with two attached hydrogens (primary N) is 1. The molecule has 1 aromatic rings. The van der Waals surface area contributed by atoms with Gasteiger partial charge >= 0.3 is 0 Å². The Kier molecular flexibility index (Phi) is 2.81. The van der Waals surface area contributed by atoms with Gasteiger partial charge in [0, 0.05) is 6.04 Å². The summed E-state index contributed by atoms with van der Waals surface area (Å²) in [4.78, 5) is 0. The van der Waals surface area contributed by atoms with Crippen molar-refractivity contribution in [1.29, 1.82) is 0 Å². The lowest BCUT2D eigenvalue weighted by atomic mass is 10.1. The zero-order chi connectivity index (χ0) is 10.0. The molecule has 0 unspecified atom stereocenters. The number of hydrogen-bond donors (Lipinski definition) is 2. The van der Waals surface area contributed by atoms with Gasteiger partial charge in [0.1, 0.15) is 0 Å². The standard InChI is InChI=1S/C11H18N2/c1-7(2)13-11-6-9(4)8(3)5-10(11)12/h5-7,13H,12H2,1-4H3. The molecule has 13 heavy (non-hydrogen) atoms. The molecule has 1 rings (SSSR count). The molecule has 0 bridgehead atoms. The highest BCUT2D eigenvalue weighted by molar-refractivity contribution is 5.68. The van der Waals surface area contributed by atoms with Crippen molar-refractivity contribution >= 4 is 11.4 Å². The van der Waals surface area contributed by atoms with Crippen molar-refractivity contribution in [1.82, 2.24) is 0 Å². The van der Waals surface area contributed by atoms with Gasteiger partial charge in [-0.2, -0.15) is 0 Å². The molecule has 0 radical (unpaired) electrons. The average Bonchev–Trinajstić information content (AvgIpc) is 1.99. The zero-order valence-corrected chi connectivity index (χ0v) is 8.81. The van der Waals surface area contributed by atoms with Gasteiger partial charge in [-0.15, -0.1) is 0 Å². The fourth-order valence-corrected chi connectivity index (χ4v) is 1.27. The third-order valence-electron chi connectivity index (χ3n) is 2.11. The van der Waals surface area contributed by atoms with E-state index < -0.39 is 0 Å². The van der Waals surface area contributed by atoms with Crippen molar-refractivity contribution in [3.05, 3.63) is 23.3 Å². The van der Waals surface area contributed by atoms with Crippen LogP contribution in [-0.4, -0.2) is 6.04 Å². The van der Waals surface area contributed by atoms with Crippen molar-refractivity contribution in [3.8, 4) is 0 Å². The van der Waals surface area contributed by atoms with E-state index in [1.165, 1.54) is 11.1 Å². The first-order chi connectivity index (χ1) is 6.00. The summed E-state index contributed by atoms with van der Waals surface area (Å²) in [6.07, 6.45) is 0. The van der Waals surface area contributed by atoms with E-state index in [2.05, 4.69) is 39.1 Å². The summed E-state index contributed by atoms with van der Waals surface area (Å²) < 4.78 is 0. The summed E-state index contributed by atoms with van der Waals surface area (Å²) in [6, 6.07) is 4.54. The number of anilines is 2. The van der Waals surface area contributed by atoms with Gasteiger partial charge < -0.3 is 11.1 Å². The maximum Gasteiger partial charge on any atom is 0.0578 e. The van der Waals surface area contributed by atoms with Gasteiger partial charge in [0.25, 0.3) is 0 Å². The Morgan fingerprint density at radius 2 is 1.69 bits per heavy atom. The van der Waals surface area contributed by atoms with Crippen LogP contribution >= 0.6 is 0 Å². The van der Waals surface area contributed by atoms with E-state index in [1.54, 1.807) is 0 Å². The number of benzene rings is 1. The fourth-order valence-electron chi connectivity index (χ4n) is 1.27. The zero-order valence-electron chi connectivity index (χ0n) is 8.81. The van der Waals surface area contributed by atoms with E-state index in [4.69, 9.17) is 5.73 Å². The molecule has 0 heterocycles. The van der Waals surface area contributed by atoms with Gasteiger partial charge in [0.2, 0.25) is 0 Å². The average molecular weight is 178 g/mol. The van der Waals surface area contributed by atoms with E-state index in [-0.39, 0.29) is 0 Å². The van der Waals surface area contributed by atoms with Crippen molar-refractivity contribution in [2.45, 2.75) is 33.7 Å². The van der Waals surface area contributed by atoms with Crippen LogP contribution in [0, 0.1) is 13.8 Å². The molecular weight excluding hydrogens is 160 g/mol. The molecule has 0 fully saturated rings. The highest BCUT2D eigenvalue weighted by atomic mass is 14.9. The predicted molar refractivity (Wildman–Crippen MR) is 59.1 cm³/mol. The Labute approximate surface area is 80.1 Å². The largest absolute Gasteiger partial charge is 0.397 e. The molecule has 0 atom stereocenters. The van der Waals surface area contributed by atoms with Crippen molar-refractivity contribution in [3.63, 3.8) is 0 Å². The number of hydrogen-bond acceptors (Lipinski definition) is 2. The minimum Gasteiger partial charge on any atom is -0.397 e. The Bertz CT molecular complexity index is 303. The van der Waals surface area contributed by atoms with Crippen LogP contribution in [0.1, 0.15) is 25.0 Å². The molecule has 0 saturated heterocycles. The summed E-state index contributed by atoms with van der Waals surface area (Å²) in [5, 5.41) is 3.32. The molecular formula is C11H18N2. The van der Waals surface area contributed by atoms with Gasteiger partial charge in [0.15, 0.2) is 0 Å². The molecule has 2 heteroatoms. The Morgan fingerprint density at radius 1 is 1.15 bits per heavy atom. The second kappa shape index (κ2) is 3.69. The van der Waals surface area contributed by atoms with Crippen LogP contribution in [0.4, 0.5) is 11.4 Å². The minimum atomic E-state index is 0.421. The lowest BCUT2D eigenvalue weighted by molar-refractivity contribution is 0.900. The third kappa shape index (κ3) is 2.38. The topological polar surface area (TPSA) is 38.0 Å². The van der Waals surface area contributed by atoms with E-state index in [0.717, 1.165) is 11.4 Å². The molecule has 0 saturated carbocycles. The fraction of sp³-hybridized carbons (Fsp3) is 0.455. The van der Waals surface area contributed by atoms with Crippen LogP contribution in [0.25, 0.3) is 0 Å². The molecule has 0 aliphatic heterocycles. The summed E-state index contributed by atoms with van der Waals surface area (Å²) in [5.74, 6) is 0. The maximum atomic E-state index is 5.88. The predicted octanol–water partition coefficient (Wildman–Crippen LogP) is 2.71. The number of rotatable bonds is 2. The quantitative estimate of drug-likeness (QED) is 0.683. The first-order valence-corrected chi connectivity index (χ1v) is 4.64. The third-order valence-corrected chi connectivity index (χ3v) is 2.11. The van der Waals surface area contributed by atoms with Gasteiger partial charge in [-0.05, 0) is 51.0 Å². The molecule has 0 aliphatic carbocycles. The van der Waals surface area contributed by atoms with E-state index in [0.29, 0.717) is 6.04 Å². The molecule has 0 spiro atoms. The van der Waals surface area contributed by atoms with E-state index in [1.807, 2.05) is 6.07 Å². The monoisotopic (exact) mass is 178 g/mol. The lowest BCUT2D eigenvalue weighted by Gasteiger charge is -2.14. The Hall–Kier alpha value is -1.18. The number of nitrogen functional groups attached to an aromatic ring is 1. The molecule has 1 aromatic carbocycles. The first-order valence-electron chi connectivity index (χ1n) is 4.64. The summed E-state index contributed by atoms with van der Waals surface area (Å²) >= 11 is 0. The van der Waals surface area contributed by atoms with E-state index >= 15 is 0 Å². The second-order valence-corrected chi connectivity index (χ2v) is 3.82. The molecule has 3 N–H and O–H groups in total. The smallest absolute Gasteiger partial charge is 0.0578 e. The van der Waals surface area contributed by atoms with Crippen LogP contribution in [-0.2, 0) is 0 Å². The number of aryl methyl sites for hydroxylation is 2.